The van der Waals surface area contributed by atoms with Gasteiger partial charge in [-0.2, -0.15) is 0 Å². The number of likely N-dealkylation sites (tertiary alicyclic amines) is 1. The van der Waals surface area contributed by atoms with Gasteiger partial charge in [0.1, 0.15) is 0 Å². The number of carbonyl (C=O) groups excluding carboxylic acids is 1. The van der Waals surface area contributed by atoms with Crippen LogP contribution in [0.4, 0.5) is 10.7 Å². The molecule has 2 unspecified atom stereocenters. The summed E-state index contributed by atoms with van der Waals surface area (Å²) in [6.45, 7) is 6.36. The number of rotatable bonds is 2. The normalized spacial score (nSPS) is 22.1. The zero-order valence-corrected chi connectivity index (χ0v) is 15.6. The topological polar surface area (TPSA) is 53.4 Å². The fourth-order valence-corrected chi connectivity index (χ4v) is 3.97. The fraction of sp³-hybridized carbons (Fsp3) is 0.500. The minimum absolute atomic E-state index is 0.164. The summed E-state index contributed by atoms with van der Waals surface area (Å²) in [5.74, 6) is 7.14. The van der Waals surface area contributed by atoms with Gasteiger partial charge in [-0.3, -0.25) is 4.90 Å². The van der Waals surface area contributed by atoms with Crippen LogP contribution in [0.15, 0.2) is 24.3 Å². The summed E-state index contributed by atoms with van der Waals surface area (Å²) in [5.41, 5.74) is 1.69. The van der Waals surface area contributed by atoms with Crippen LogP contribution in [0.25, 0.3) is 11.0 Å². The number of hydrogen-bond donors (Lipinski definition) is 1. The molecule has 1 aromatic carbocycles. The zero-order valence-electron chi connectivity index (χ0n) is 15.6. The van der Waals surface area contributed by atoms with Crippen molar-refractivity contribution in [2.75, 3.05) is 31.6 Å². The molecule has 6 nitrogen and oxygen atoms in total. The van der Waals surface area contributed by atoms with Crippen LogP contribution in [0.3, 0.4) is 0 Å². The first-order valence-electron chi connectivity index (χ1n) is 9.25. The third-order valence-corrected chi connectivity index (χ3v) is 5.24. The second-order valence-corrected chi connectivity index (χ2v) is 7.51. The summed E-state index contributed by atoms with van der Waals surface area (Å²) in [7, 11) is 2.17. The van der Waals surface area contributed by atoms with E-state index in [-0.39, 0.29) is 6.03 Å². The van der Waals surface area contributed by atoms with E-state index >= 15 is 0 Å². The number of carbonyl (C=O) groups is 1. The maximum Gasteiger partial charge on any atom is 0.329 e. The Morgan fingerprint density at radius 3 is 2.81 bits per heavy atom. The van der Waals surface area contributed by atoms with Gasteiger partial charge in [-0.05, 0) is 25.6 Å². The van der Waals surface area contributed by atoms with Gasteiger partial charge in [0.2, 0.25) is 5.95 Å². The third-order valence-electron chi connectivity index (χ3n) is 5.24. The van der Waals surface area contributed by atoms with E-state index in [1.165, 1.54) is 0 Å². The molecule has 2 aliphatic heterocycles. The molecule has 0 saturated carbocycles. The minimum atomic E-state index is -0.164. The molecule has 2 aromatic rings. The van der Waals surface area contributed by atoms with E-state index in [4.69, 9.17) is 4.98 Å². The summed E-state index contributed by atoms with van der Waals surface area (Å²) >= 11 is 0. The van der Waals surface area contributed by atoms with Crippen molar-refractivity contribution < 1.29 is 4.79 Å². The molecule has 1 amide bonds. The number of aromatic nitrogens is 2. The molecule has 2 bridgehead atoms. The van der Waals surface area contributed by atoms with Crippen molar-refractivity contribution in [1.82, 2.24) is 19.8 Å². The van der Waals surface area contributed by atoms with E-state index in [1.807, 2.05) is 38.1 Å². The minimum Gasteiger partial charge on any atom is -0.336 e. The van der Waals surface area contributed by atoms with Crippen molar-refractivity contribution >= 4 is 23.0 Å². The van der Waals surface area contributed by atoms with Crippen LogP contribution in [-0.2, 0) is 0 Å². The largest absolute Gasteiger partial charge is 0.336 e. The Bertz CT molecular complexity index is 888. The molecule has 26 heavy (non-hydrogen) atoms. The van der Waals surface area contributed by atoms with Crippen molar-refractivity contribution in [1.29, 1.82) is 0 Å². The van der Waals surface area contributed by atoms with E-state index < -0.39 is 0 Å². The predicted octanol–water partition coefficient (Wildman–Crippen LogP) is 2.15. The highest BCUT2D eigenvalue weighted by atomic mass is 16.2. The lowest BCUT2D eigenvalue weighted by atomic mass is 10.2. The van der Waals surface area contributed by atoms with Crippen LogP contribution in [-0.4, -0.2) is 59.2 Å². The number of nitrogens with one attached hydrogen (secondary N) is 1. The van der Waals surface area contributed by atoms with Gasteiger partial charge < -0.3 is 10.2 Å². The van der Waals surface area contributed by atoms with E-state index in [9.17, 15) is 4.79 Å². The second-order valence-electron chi connectivity index (χ2n) is 7.51. The Morgan fingerprint density at radius 1 is 1.31 bits per heavy atom. The van der Waals surface area contributed by atoms with Gasteiger partial charge in [0.05, 0.1) is 17.6 Å². The number of piperazine rings is 1. The molecule has 136 valence electrons. The number of fused-ring (bicyclic) bond motifs is 3. The molecule has 2 saturated heterocycles. The quantitative estimate of drug-likeness (QED) is 0.843. The number of amides is 1. The lowest BCUT2D eigenvalue weighted by molar-refractivity contribution is 0.244. The van der Waals surface area contributed by atoms with Crippen LogP contribution in [0.2, 0.25) is 0 Å². The van der Waals surface area contributed by atoms with Gasteiger partial charge in [0, 0.05) is 31.1 Å². The molecule has 2 aliphatic rings. The number of likely N-dealkylation sites (N-methyl/N-ethyl adjacent to an activating group) is 1. The molecule has 3 heterocycles. The van der Waals surface area contributed by atoms with E-state index in [0.29, 0.717) is 24.5 Å². The summed E-state index contributed by atoms with van der Waals surface area (Å²) in [6, 6.07) is 8.62. The number of para-hydroxylation sites is 2. The Kier molecular flexibility index (Phi) is 4.33. The lowest BCUT2D eigenvalue weighted by Gasteiger charge is -2.32. The lowest BCUT2D eigenvalue weighted by Crippen LogP contribution is -2.46. The number of anilines is 1. The van der Waals surface area contributed by atoms with Gasteiger partial charge in [-0.25, -0.2) is 14.3 Å². The first kappa shape index (κ1) is 16.9. The van der Waals surface area contributed by atoms with Crippen LogP contribution in [0, 0.1) is 17.8 Å². The molecule has 2 fully saturated rings. The Labute approximate surface area is 154 Å². The van der Waals surface area contributed by atoms with Crippen LogP contribution < -0.4 is 10.2 Å². The number of benzene rings is 1. The first-order valence-corrected chi connectivity index (χ1v) is 9.25. The summed E-state index contributed by atoms with van der Waals surface area (Å²) < 4.78 is 1.72. The Morgan fingerprint density at radius 2 is 2.12 bits per heavy atom. The molecule has 0 radical (unpaired) electrons. The van der Waals surface area contributed by atoms with E-state index in [1.54, 1.807) is 4.57 Å². The molecule has 0 aliphatic carbocycles. The van der Waals surface area contributed by atoms with Crippen molar-refractivity contribution in [2.24, 2.45) is 5.92 Å². The Hall–Kier alpha value is -2.52. The van der Waals surface area contributed by atoms with Crippen molar-refractivity contribution in [2.45, 2.75) is 32.4 Å². The van der Waals surface area contributed by atoms with Crippen LogP contribution in [0.1, 0.15) is 20.3 Å². The maximum atomic E-state index is 12.9. The Balaban J connectivity index is 1.65. The average molecular weight is 351 g/mol. The maximum absolute atomic E-state index is 12.9. The summed E-state index contributed by atoms with van der Waals surface area (Å²) in [6.07, 6.45) is 1.14. The van der Waals surface area contributed by atoms with E-state index in [2.05, 4.69) is 34.0 Å². The first-order chi connectivity index (χ1) is 12.5. The monoisotopic (exact) mass is 351 g/mol. The average Bonchev–Trinajstić information content (AvgIpc) is 3.29. The smallest absolute Gasteiger partial charge is 0.329 e. The number of imidazole rings is 1. The SMILES string of the molecule is CC(C)C#CCNC(=O)n1c(N2CC3CC2CN3C)nc2ccccc21. The highest BCUT2D eigenvalue weighted by Gasteiger charge is 2.43. The predicted molar refractivity (Wildman–Crippen MR) is 103 cm³/mol. The molecule has 1 aromatic heterocycles. The van der Waals surface area contributed by atoms with Crippen molar-refractivity contribution in [3.63, 3.8) is 0 Å². The van der Waals surface area contributed by atoms with Gasteiger partial charge in [-0.1, -0.05) is 37.8 Å². The molecule has 1 N–H and O–H groups in total. The standard InChI is InChI=1S/C20H25N5O/c1-14(2)7-6-10-21-20(26)25-18-9-5-4-8-17(18)22-19(25)24-13-15-11-16(24)12-23(15)3/h4-5,8-9,14-16H,10-13H2,1-3H3,(H,21,26). The van der Waals surface area contributed by atoms with Gasteiger partial charge in [-0.15, -0.1) is 0 Å². The summed E-state index contributed by atoms with van der Waals surface area (Å²) in [4.78, 5) is 22.4. The molecule has 6 heteroatoms. The number of nitrogens with zero attached hydrogens (tertiary/aromatic N) is 4. The fourth-order valence-electron chi connectivity index (χ4n) is 3.97. The van der Waals surface area contributed by atoms with Crippen molar-refractivity contribution in [3.05, 3.63) is 24.3 Å². The zero-order chi connectivity index (χ0) is 18.3. The molecule has 2 atom stereocenters. The molecular formula is C20H25N5O. The van der Waals surface area contributed by atoms with Crippen LogP contribution >= 0.6 is 0 Å². The summed E-state index contributed by atoms with van der Waals surface area (Å²) in [5, 5.41) is 2.92. The molecule has 4 rings (SSSR count). The van der Waals surface area contributed by atoms with E-state index in [0.717, 1.165) is 36.5 Å². The molecular weight excluding hydrogens is 326 g/mol. The van der Waals surface area contributed by atoms with Crippen molar-refractivity contribution in [3.8, 4) is 11.8 Å². The molecule has 0 spiro atoms. The third kappa shape index (κ3) is 2.93. The highest BCUT2D eigenvalue weighted by Crippen LogP contribution is 2.34. The number of hydrogen-bond acceptors (Lipinski definition) is 4. The van der Waals surface area contributed by atoms with Gasteiger partial charge in [0.25, 0.3) is 0 Å². The van der Waals surface area contributed by atoms with Crippen LogP contribution in [0.5, 0.6) is 0 Å². The second kappa shape index (κ2) is 6.65. The highest BCUT2D eigenvalue weighted by molar-refractivity contribution is 5.93. The van der Waals surface area contributed by atoms with Gasteiger partial charge in [0.15, 0.2) is 0 Å². The van der Waals surface area contributed by atoms with Gasteiger partial charge >= 0.3 is 6.03 Å².